The maximum Gasteiger partial charge on any atom is 0.343 e. The summed E-state index contributed by atoms with van der Waals surface area (Å²) < 4.78 is 31.8. The number of hydrogen-bond acceptors (Lipinski definition) is 4. The zero-order valence-electron chi connectivity index (χ0n) is 14.8. The van der Waals surface area contributed by atoms with E-state index in [4.69, 9.17) is 4.74 Å². The van der Waals surface area contributed by atoms with Crippen molar-refractivity contribution in [2.75, 3.05) is 14.1 Å². The Morgan fingerprint density at radius 2 is 1.64 bits per heavy atom. The Balaban J connectivity index is 2.44. The number of nitrogens with zero attached hydrogens (tertiary/aromatic N) is 1. The average Bonchev–Trinajstić information content (AvgIpc) is 2.55. The quantitative estimate of drug-likeness (QED) is 0.551. The Hall–Kier alpha value is -1.70. The molecule has 0 aromatic heterocycles. The van der Waals surface area contributed by atoms with Crippen LogP contribution in [-0.2, 0) is 10.0 Å². The lowest BCUT2D eigenvalue weighted by Crippen LogP contribution is -2.23. The van der Waals surface area contributed by atoms with Crippen molar-refractivity contribution in [3.63, 3.8) is 0 Å². The number of hydrogen-bond donors (Lipinski definition) is 0. The third-order valence-corrected chi connectivity index (χ3v) is 6.80. The molecule has 2 rings (SSSR count). The van der Waals surface area contributed by atoms with Gasteiger partial charge in [0.05, 0.1) is 10.5 Å². The van der Waals surface area contributed by atoms with E-state index >= 15 is 0 Å². The Bertz CT molecular complexity index is 936. The molecule has 7 heteroatoms. The molecule has 0 atom stereocenters. The van der Waals surface area contributed by atoms with Crippen molar-refractivity contribution in [1.29, 1.82) is 0 Å². The lowest BCUT2D eigenvalue weighted by Gasteiger charge is -2.15. The van der Waals surface area contributed by atoms with Crippen molar-refractivity contribution >= 4 is 31.9 Å². The van der Waals surface area contributed by atoms with Crippen LogP contribution >= 0.6 is 15.9 Å². The van der Waals surface area contributed by atoms with Crippen molar-refractivity contribution in [3.05, 3.63) is 57.1 Å². The summed E-state index contributed by atoms with van der Waals surface area (Å²) >= 11 is 3.23. The number of sulfonamides is 1. The molecule has 25 heavy (non-hydrogen) atoms. The molecule has 0 fully saturated rings. The van der Waals surface area contributed by atoms with Gasteiger partial charge >= 0.3 is 5.97 Å². The fourth-order valence-corrected chi connectivity index (χ4v) is 4.10. The second kappa shape index (κ2) is 7.27. The maximum absolute atomic E-state index is 12.5. The number of ether oxygens (including phenoxy) is 1. The van der Waals surface area contributed by atoms with Crippen LogP contribution in [-0.4, -0.2) is 32.8 Å². The highest BCUT2D eigenvalue weighted by Gasteiger charge is 2.23. The van der Waals surface area contributed by atoms with Gasteiger partial charge in [0.15, 0.2) is 0 Å². The van der Waals surface area contributed by atoms with Gasteiger partial charge in [-0.3, -0.25) is 0 Å². The standard InChI is InChI=1S/C18H20BrNO4S/c1-11-6-7-12(2)17(13(11)3)24-18(21)14-8-9-15(19)16(10-14)25(22,23)20(4)5/h6-10H,1-5H3. The molecule has 0 aliphatic rings. The first-order chi connectivity index (χ1) is 11.6. The van der Waals surface area contributed by atoms with E-state index in [1.54, 1.807) is 0 Å². The maximum atomic E-state index is 12.5. The fraction of sp³-hybridized carbons (Fsp3) is 0.278. The van der Waals surface area contributed by atoms with Gasteiger partial charge in [-0.15, -0.1) is 0 Å². The number of esters is 1. The summed E-state index contributed by atoms with van der Waals surface area (Å²) in [7, 11) is -0.807. The molecule has 2 aromatic rings. The fourth-order valence-electron chi connectivity index (χ4n) is 2.26. The van der Waals surface area contributed by atoms with E-state index in [0.717, 1.165) is 21.0 Å². The van der Waals surface area contributed by atoms with Crippen LogP contribution < -0.4 is 4.74 Å². The largest absolute Gasteiger partial charge is 0.422 e. The third kappa shape index (κ3) is 3.94. The first-order valence-corrected chi connectivity index (χ1v) is 9.80. The molecule has 0 N–H and O–H groups in total. The Kier molecular flexibility index (Phi) is 5.71. The minimum atomic E-state index is -3.68. The Morgan fingerprint density at radius 1 is 1.04 bits per heavy atom. The molecular formula is C18H20BrNO4S. The number of benzene rings is 2. The van der Waals surface area contributed by atoms with E-state index in [9.17, 15) is 13.2 Å². The number of rotatable bonds is 4. The van der Waals surface area contributed by atoms with Gasteiger partial charge in [-0.1, -0.05) is 12.1 Å². The predicted octanol–water partition coefficient (Wildman–Crippen LogP) is 3.84. The van der Waals surface area contributed by atoms with Crippen LogP contribution in [0.5, 0.6) is 5.75 Å². The Labute approximate surface area is 156 Å². The van der Waals surface area contributed by atoms with Crippen molar-refractivity contribution in [2.24, 2.45) is 0 Å². The van der Waals surface area contributed by atoms with Crippen LogP contribution in [0.1, 0.15) is 27.0 Å². The minimum absolute atomic E-state index is 0.0182. The van der Waals surface area contributed by atoms with Crippen LogP contribution in [0.25, 0.3) is 0 Å². The van der Waals surface area contributed by atoms with Crippen LogP contribution in [0.2, 0.25) is 0 Å². The van der Waals surface area contributed by atoms with Gasteiger partial charge in [-0.05, 0) is 71.6 Å². The number of halogens is 1. The molecule has 2 aromatic carbocycles. The van der Waals surface area contributed by atoms with Crippen molar-refractivity contribution in [3.8, 4) is 5.75 Å². The highest BCUT2D eigenvalue weighted by Crippen LogP contribution is 2.29. The summed E-state index contributed by atoms with van der Waals surface area (Å²) in [5.74, 6) is -0.0931. The average molecular weight is 426 g/mol. The third-order valence-electron chi connectivity index (χ3n) is 3.99. The molecule has 0 amide bonds. The SMILES string of the molecule is Cc1ccc(C)c(OC(=O)c2ccc(Br)c(S(=O)(=O)N(C)C)c2)c1C. The molecule has 0 heterocycles. The van der Waals surface area contributed by atoms with E-state index in [0.29, 0.717) is 10.2 Å². The van der Waals surface area contributed by atoms with Crippen LogP contribution in [0.3, 0.4) is 0 Å². The second-order valence-corrected chi connectivity index (χ2v) is 8.95. The summed E-state index contributed by atoms with van der Waals surface area (Å²) in [6.07, 6.45) is 0. The molecule has 134 valence electrons. The van der Waals surface area contributed by atoms with E-state index in [2.05, 4.69) is 15.9 Å². The van der Waals surface area contributed by atoms with E-state index in [1.165, 1.54) is 32.3 Å². The lowest BCUT2D eigenvalue weighted by atomic mass is 10.1. The topological polar surface area (TPSA) is 63.7 Å². The van der Waals surface area contributed by atoms with Crippen molar-refractivity contribution in [1.82, 2.24) is 4.31 Å². The van der Waals surface area contributed by atoms with Gasteiger partial charge < -0.3 is 4.74 Å². The number of carbonyl (C=O) groups is 1. The highest BCUT2D eigenvalue weighted by molar-refractivity contribution is 9.10. The first kappa shape index (κ1) is 19.6. The molecule has 0 bridgehead atoms. The van der Waals surface area contributed by atoms with Gasteiger partial charge in [0, 0.05) is 18.6 Å². The molecule has 5 nitrogen and oxygen atoms in total. The van der Waals surface area contributed by atoms with Crippen LogP contribution in [0.15, 0.2) is 39.7 Å². The van der Waals surface area contributed by atoms with Gasteiger partial charge in [-0.2, -0.15) is 0 Å². The van der Waals surface area contributed by atoms with Crippen LogP contribution in [0.4, 0.5) is 0 Å². The monoisotopic (exact) mass is 425 g/mol. The number of aryl methyl sites for hydroxylation is 2. The predicted molar refractivity (Wildman–Crippen MR) is 101 cm³/mol. The molecule has 0 saturated carbocycles. The van der Waals surface area contributed by atoms with E-state index < -0.39 is 16.0 Å². The second-order valence-electron chi connectivity index (χ2n) is 5.98. The smallest absolute Gasteiger partial charge is 0.343 e. The van der Waals surface area contributed by atoms with Gasteiger partial charge in [0.1, 0.15) is 5.75 Å². The van der Waals surface area contributed by atoms with Gasteiger partial charge in [0.25, 0.3) is 0 Å². The molecule has 0 aliphatic carbocycles. The molecule has 0 unspecified atom stereocenters. The normalized spacial score (nSPS) is 11.6. The molecule has 0 radical (unpaired) electrons. The molecule has 0 spiro atoms. The van der Waals surface area contributed by atoms with Gasteiger partial charge in [-0.25, -0.2) is 17.5 Å². The summed E-state index contributed by atoms with van der Waals surface area (Å²) in [6.45, 7) is 5.68. The number of carbonyl (C=O) groups excluding carboxylic acids is 1. The van der Waals surface area contributed by atoms with Crippen molar-refractivity contribution in [2.45, 2.75) is 25.7 Å². The highest BCUT2D eigenvalue weighted by atomic mass is 79.9. The van der Waals surface area contributed by atoms with E-state index in [-0.39, 0.29) is 10.5 Å². The first-order valence-electron chi connectivity index (χ1n) is 7.56. The summed E-state index contributed by atoms with van der Waals surface area (Å²) in [5, 5.41) is 0. The zero-order valence-corrected chi connectivity index (χ0v) is 17.2. The lowest BCUT2D eigenvalue weighted by molar-refractivity contribution is 0.0732. The Morgan fingerprint density at radius 3 is 2.24 bits per heavy atom. The van der Waals surface area contributed by atoms with Crippen molar-refractivity contribution < 1.29 is 17.9 Å². The molecule has 0 saturated heterocycles. The summed E-state index contributed by atoms with van der Waals surface area (Å²) in [6, 6.07) is 8.23. The van der Waals surface area contributed by atoms with Gasteiger partial charge in [0.2, 0.25) is 10.0 Å². The van der Waals surface area contributed by atoms with E-state index in [1.807, 2.05) is 32.9 Å². The van der Waals surface area contributed by atoms with Crippen LogP contribution in [0, 0.1) is 20.8 Å². The molecule has 0 aliphatic heterocycles. The molecular weight excluding hydrogens is 406 g/mol. The summed E-state index contributed by atoms with van der Waals surface area (Å²) in [4.78, 5) is 12.6. The zero-order chi connectivity index (χ0) is 18.9. The summed E-state index contributed by atoms with van der Waals surface area (Å²) in [5.41, 5.74) is 2.91. The minimum Gasteiger partial charge on any atom is -0.422 e.